The van der Waals surface area contributed by atoms with E-state index in [0.717, 1.165) is 0 Å². The van der Waals surface area contributed by atoms with Crippen molar-refractivity contribution in [3.63, 3.8) is 0 Å². The van der Waals surface area contributed by atoms with E-state index in [1.807, 2.05) is 0 Å². The van der Waals surface area contributed by atoms with Crippen LogP contribution in [0.1, 0.15) is 18.5 Å². The molecule has 0 saturated heterocycles. The smallest absolute Gasteiger partial charge is 0.242 e. The molecule has 0 aliphatic heterocycles. The first-order valence-corrected chi connectivity index (χ1v) is 6.52. The number of ether oxygens (including phenoxy) is 1. The molecule has 0 spiro atoms. The second-order valence-electron chi connectivity index (χ2n) is 4.62. The van der Waals surface area contributed by atoms with Crippen LogP contribution in [-0.2, 0) is 9.53 Å². The Morgan fingerprint density at radius 3 is 3.05 bits per heavy atom. The molecule has 1 atom stereocenters. The molecule has 2 aromatic rings. The number of rotatable bonds is 5. The van der Waals surface area contributed by atoms with Gasteiger partial charge in [0.2, 0.25) is 11.9 Å². The molecule has 21 heavy (non-hydrogen) atoms. The van der Waals surface area contributed by atoms with E-state index in [1.54, 1.807) is 36.8 Å². The SMILES string of the molecule is COCCNC(=O)C(C)n1c(N)nc2ccc(C#N)cc21. The molecule has 1 heterocycles. The summed E-state index contributed by atoms with van der Waals surface area (Å²) in [5.74, 6) is 0.0647. The monoisotopic (exact) mass is 287 g/mol. The first-order chi connectivity index (χ1) is 10.1. The Kier molecular flexibility index (Phi) is 4.40. The van der Waals surface area contributed by atoms with Gasteiger partial charge in [0.05, 0.1) is 29.3 Å². The molecule has 1 aromatic carbocycles. The molecule has 7 heteroatoms. The highest BCUT2D eigenvalue weighted by atomic mass is 16.5. The molecule has 1 amide bonds. The van der Waals surface area contributed by atoms with Crippen LogP contribution in [0.5, 0.6) is 0 Å². The van der Waals surface area contributed by atoms with Gasteiger partial charge < -0.3 is 15.8 Å². The van der Waals surface area contributed by atoms with Gasteiger partial charge in [0.1, 0.15) is 6.04 Å². The number of benzene rings is 1. The molecule has 0 aliphatic carbocycles. The zero-order valence-corrected chi connectivity index (χ0v) is 12.0. The van der Waals surface area contributed by atoms with Gasteiger partial charge in [-0.25, -0.2) is 4.98 Å². The van der Waals surface area contributed by atoms with Gasteiger partial charge in [-0.2, -0.15) is 5.26 Å². The van der Waals surface area contributed by atoms with Gasteiger partial charge in [-0.05, 0) is 25.1 Å². The van der Waals surface area contributed by atoms with E-state index in [0.29, 0.717) is 29.7 Å². The van der Waals surface area contributed by atoms with Crippen LogP contribution in [0.4, 0.5) is 5.95 Å². The Hall–Kier alpha value is -2.59. The molecule has 0 aliphatic rings. The molecule has 110 valence electrons. The standard InChI is InChI=1S/C14H17N5O2/c1-9(13(20)17-5-6-21-2)19-12-7-10(8-15)3-4-11(12)18-14(19)16/h3-4,7,9H,5-6H2,1-2H3,(H2,16,18)(H,17,20). The van der Waals surface area contributed by atoms with Gasteiger partial charge in [0.15, 0.2) is 0 Å². The number of nitrogens with one attached hydrogen (secondary N) is 1. The molecule has 1 unspecified atom stereocenters. The minimum absolute atomic E-state index is 0.180. The van der Waals surface area contributed by atoms with Gasteiger partial charge >= 0.3 is 0 Å². The Balaban J connectivity index is 2.34. The first-order valence-electron chi connectivity index (χ1n) is 6.52. The fourth-order valence-corrected chi connectivity index (χ4v) is 2.13. The lowest BCUT2D eigenvalue weighted by Crippen LogP contribution is -2.33. The predicted molar refractivity (Wildman–Crippen MR) is 78.5 cm³/mol. The Morgan fingerprint density at radius 1 is 1.62 bits per heavy atom. The summed E-state index contributed by atoms with van der Waals surface area (Å²) in [6.45, 7) is 2.60. The van der Waals surface area contributed by atoms with Crippen LogP contribution in [0.3, 0.4) is 0 Å². The molecule has 7 nitrogen and oxygen atoms in total. The van der Waals surface area contributed by atoms with E-state index in [1.165, 1.54) is 0 Å². The molecule has 2 rings (SSSR count). The molecule has 0 fully saturated rings. The van der Waals surface area contributed by atoms with Crippen molar-refractivity contribution in [3.05, 3.63) is 23.8 Å². The average molecular weight is 287 g/mol. The highest BCUT2D eigenvalue weighted by molar-refractivity contribution is 5.86. The van der Waals surface area contributed by atoms with Crippen LogP contribution in [-0.4, -0.2) is 35.7 Å². The van der Waals surface area contributed by atoms with Crippen LogP contribution < -0.4 is 11.1 Å². The van der Waals surface area contributed by atoms with Crippen molar-refractivity contribution >= 4 is 22.9 Å². The number of methoxy groups -OCH3 is 1. The van der Waals surface area contributed by atoms with Crippen LogP contribution in [0.2, 0.25) is 0 Å². The van der Waals surface area contributed by atoms with Crippen molar-refractivity contribution in [3.8, 4) is 6.07 Å². The molecule has 1 aromatic heterocycles. The third-order valence-corrected chi connectivity index (χ3v) is 3.22. The Morgan fingerprint density at radius 2 is 2.38 bits per heavy atom. The summed E-state index contributed by atoms with van der Waals surface area (Å²) in [6, 6.07) is 6.61. The summed E-state index contributed by atoms with van der Waals surface area (Å²) in [5, 5.41) is 11.7. The quantitative estimate of drug-likeness (QED) is 0.792. The lowest BCUT2D eigenvalue weighted by atomic mass is 10.2. The van der Waals surface area contributed by atoms with Crippen molar-refractivity contribution in [1.82, 2.24) is 14.9 Å². The van der Waals surface area contributed by atoms with Crippen LogP contribution in [0.25, 0.3) is 11.0 Å². The maximum absolute atomic E-state index is 12.1. The van der Waals surface area contributed by atoms with Gasteiger partial charge in [-0.3, -0.25) is 9.36 Å². The van der Waals surface area contributed by atoms with Crippen molar-refractivity contribution in [2.45, 2.75) is 13.0 Å². The number of carbonyl (C=O) groups excluding carboxylic acids is 1. The van der Waals surface area contributed by atoms with Crippen molar-refractivity contribution in [2.75, 3.05) is 26.0 Å². The van der Waals surface area contributed by atoms with Crippen LogP contribution >= 0.6 is 0 Å². The van der Waals surface area contributed by atoms with Crippen molar-refractivity contribution in [2.24, 2.45) is 0 Å². The number of nitrogens with zero attached hydrogens (tertiary/aromatic N) is 3. The number of amides is 1. The summed E-state index contributed by atoms with van der Waals surface area (Å²) in [7, 11) is 1.57. The minimum atomic E-state index is -0.527. The number of fused-ring (bicyclic) bond motifs is 1. The molecule has 0 saturated carbocycles. The van der Waals surface area contributed by atoms with Gasteiger partial charge in [0, 0.05) is 13.7 Å². The van der Waals surface area contributed by atoms with Gasteiger partial charge in [-0.1, -0.05) is 0 Å². The van der Waals surface area contributed by atoms with E-state index in [4.69, 9.17) is 15.7 Å². The topological polar surface area (TPSA) is 106 Å². The number of nitrogens with two attached hydrogens (primary N) is 1. The molecule has 0 radical (unpaired) electrons. The molecule has 3 N–H and O–H groups in total. The fraction of sp³-hybridized carbons (Fsp3) is 0.357. The largest absolute Gasteiger partial charge is 0.383 e. The summed E-state index contributed by atoms with van der Waals surface area (Å²) in [6.07, 6.45) is 0. The van der Waals surface area contributed by atoms with E-state index in [9.17, 15) is 4.79 Å². The zero-order chi connectivity index (χ0) is 15.4. The third kappa shape index (κ3) is 2.95. The summed E-state index contributed by atoms with van der Waals surface area (Å²) >= 11 is 0. The van der Waals surface area contributed by atoms with E-state index >= 15 is 0 Å². The number of imidazole rings is 1. The second-order valence-corrected chi connectivity index (χ2v) is 4.62. The number of nitriles is 1. The number of aromatic nitrogens is 2. The van der Waals surface area contributed by atoms with Crippen LogP contribution in [0, 0.1) is 11.3 Å². The number of hydrogen-bond acceptors (Lipinski definition) is 5. The van der Waals surface area contributed by atoms with E-state index in [-0.39, 0.29) is 11.9 Å². The summed E-state index contributed by atoms with van der Waals surface area (Å²) in [5.41, 5.74) is 7.72. The fourth-order valence-electron chi connectivity index (χ4n) is 2.13. The number of anilines is 1. The van der Waals surface area contributed by atoms with Crippen molar-refractivity contribution in [1.29, 1.82) is 5.26 Å². The van der Waals surface area contributed by atoms with Gasteiger partial charge in [-0.15, -0.1) is 0 Å². The maximum atomic E-state index is 12.1. The zero-order valence-electron chi connectivity index (χ0n) is 12.0. The average Bonchev–Trinajstić information content (AvgIpc) is 2.81. The van der Waals surface area contributed by atoms with Gasteiger partial charge in [0.25, 0.3) is 0 Å². The highest BCUT2D eigenvalue weighted by Crippen LogP contribution is 2.23. The highest BCUT2D eigenvalue weighted by Gasteiger charge is 2.20. The first kappa shape index (κ1) is 14.8. The molecular weight excluding hydrogens is 270 g/mol. The second kappa shape index (κ2) is 6.24. The lowest BCUT2D eigenvalue weighted by Gasteiger charge is -2.15. The Bertz CT molecular complexity index is 701. The van der Waals surface area contributed by atoms with E-state index in [2.05, 4.69) is 16.4 Å². The number of carbonyl (C=O) groups is 1. The Labute approximate surface area is 122 Å². The lowest BCUT2D eigenvalue weighted by molar-refractivity contribution is -0.123. The third-order valence-electron chi connectivity index (χ3n) is 3.22. The summed E-state index contributed by atoms with van der Waals surface area (Å²) in [4.78, 5) is 16.3. The number of hydrogen-bond donors (Lipinski definition) is 2. The molecule has 0 bridgehead atoms. The van der Waals surface area contributed by atoms with Crippen LogP contribution in [0.15, 0.2) is 18.2 Å². The maximum Gasteiger partial charge on any atom is 0.242 e. The summed E-state index contributed by atoms with van der Waals surface area (Å²) < 4.78 is 6.52. The van der Waals surface area contributed by atoms with Crippen molar-refractivity contribution < 1.29 is 9.53 Å². The molecular formula is C14H17N5O2. The predicted octanol–water partition coefficient (Wildman–Crippen LogP) is 0.814. The minimum Gasteiger partial charge on any atom is -0.383 e. The normalized spacial score (nSPS) is 12.0. The number of nitrogen functional groups attached to an aromatic ring is 1. The van der Waals surface area contributed by atoms with E-state index < -0.39 is 6.04 Å².